The molecule has 1 heterocycles. The van der Waals surface area contributed by atoms with Gasteiger partial charge in [-0.05, 0) is 29.8 Å². The zero-order valence-corrected chi connectivity index (χ0v) is 12.0. The maximum absolute atomic E-state index is 11.8. The predicted octanol–water partition coefficient (Wildman–Crippen LogP) is 2.09. The molecule has 0 radical (unpaired) electrons. The number of carbonyl (C=O) groups excluding carboxylic acids is 1. The molecule has 0 fully saturated rings. The molecule has 1 aromatic heterocycles. The van der Waals surface area contributed by atoms with Crippen LogP contribution in [0.1, 0.15) is 24.3 Å². The molecule has 0 aliphatic carbocycles. The van der Waals surface area contributed by atoms with E-state index in [4.69, 9.17) is 0 Å². The molecule has 1 rings (SSSR count). The summed E-state index contributed by atoms with van der Waals surface area (Å²) in [6, 6.07) is 0. The molecule has 0 saturated carbocycles. The SMILES string of the molecule is Cn1cc(Br)c(C(=O)NC(C)(C)CBr)n1. The maximum atomic E-state index is 11.8. The lowest BCUT2D eigenvalue weighted by Gasteiger charge is -2.22. The zero-order valence-electron chi connectivity index (χ0n) is 8.84. The summed E-state index contributed by atoms with van der Waals surface area (Å²) in [4.78, 5) is 11.8. The van der Waals surface area contributed by atoms with Crippen LogP contribution in [0, 0.1) is 0 Å². The number of alkyl halides is 1. The van der Waals surface area contributed by atoms with Crippen LogP contribution >= 0.6 is 31.9 Å². The fraction of sp³-hybridized carbons (Fsp3) is 0.556. The highest BCUT2D eigenvalue weighted by atomic mass is 79.9. The van der Waals surface area contributed by atoms with Gasteiger partial charge in [0.15, 0.2) is 5.69 Å². The van der Waals surface area contributed by atoms with Crippen molar-refractivity contribution in [3.63, 3.8) is 0 Å². The highest BCUT2D eigenvalue weighted by Gasteiger charge is 2.22. The topological polar surface area (TPSA) is 46.9 Å². The summed E-state index contributed by atoms with van der Waals surface area (Å²) in [7, 11) is 1.77. The first-order valence-electron chi connectivity index (χ1n) is 4.43. The van der Waals surface area contributed by atoms with Crippen molar-refractivity contribution in [3.8, 4) is 0 Å². The zero-order chi connectivity index (χ0) is 11.6. The number of rotatable bonds is 3. The Hall–Kier alpha value is -0.360. The summed E-state index contributed by atoms with van der Waals surface area (Å²) in [6.45, 7) is 3.88. The van der Waals surface area contributed by atoms with Crippen molar-refractivity contribution >= 4 is 37.8 Å². The van der Waals surface area contributed by atoms with E-state index in [-0.39, 0.29) is 11.4 Å². The van der Waals surface area contributed by atoms with Crippen LogP contribution in [0.15, 0.2) is 10.7 Å². The summed E-state index contributed by atoms with van der Waals surface area (Å²) in [5.41, 5.74) is 0.125. The Morgan fingerprint density at radius 1 is 1.67 bits per heavy atom. The first kappa shape index (κ1) is 12.7. The van der Waals surface area contributed by atoms with Gasteiger partial charge in [-0.1, -0.05) is 15.9 Å². The number of halogens is 2. The van der Waals surface area contributed by atoms with Crippen molar-refractivity contribution < 1.29 is 4.79 Å². The van der Waals surface area contributed by atoms with Gasteiger partial charge in [0, 0.05) is 24.1 Å². The van der Waals surface area contributed by atoms with Crippen LogP contribution in [0.4, 0.5) is 0 Å². The van der Waals surface area contributed by atoms with E-state index in [2.05, 4.69) is 42.3 Å². The molecule has 84 valence electrons. The predicted molar refractivity (Wildman–Crippen MR) is 66.2 cm³/mol. The minimum atomic E-state index is -0.284. The van der Waals surface area contributed by atoms with E-state index >= 15 is 0 Å². The first-order chi connectivity index (χ1) is 6.85. The molecule has 1 amide bonds. The fourth-order valence-electron chi connectivity index (χ4n) is 1.01. The van der Waals surface area contributed by atoms with Crippen molar-refractivity contribution in [2.75, 3.05) is 5.33 Å². The Kier molecular flexibility index (Phi) is 3.94. The van der Waals surface area contributed by atoms with E-state index in [0.29, 0.717) is 15.5 Å². The average molecular weight is 339 g/mol. The van der Waals surface area contributed by atoms with Gasteiger partial charge in [0.05, 0.1) is 4.47 Å². The van der Waals surface area contributed by atoms with Gasteiger partial charge in [0.25, 0.3) is 5.91 Å². The normalized spacial score (nSPS) is 11.5. The number of carbonyl (C=O) groups is 1. The van der Waals surface area contributed by atoms with E-state index in [9.17, 15) is 4.79 Å². The molecule has 0 bridgehead atoms. The molecule has 0 aromatic carbocycles. The second-order valence-corrected chi connectivity index (χ2v) is 5.39. The molecular weight excluding hydrogens is 326 g/mol. The van der Waals surface area contributed by atoms with E-state index < -0.39 is 0 Å². The van der Waals surface area contributed by atoms with Gasteiger partial charge in [-0.2, -0.15) is 5.10 Å². The van der Waals surface area contributed by atoms with E-state index in [1.165, 1.54) is 0 Å². The van der Waals surface area contributed by atoms with Crippen LogP contribution in [-0.2, 0) is 7.05 Å². The molecule has 0 spiro atoms. The van der Waals surface area contributed by atoms with Crippen molar-refractivity contribution in [1.82, 2.24) is 15.1 Å². The summed E-state index contributed by atoms with van der Waals surface area (Å²) in [5, 5.41) is 7.65. The fourth-order valence-corrected chi connectivity index (χ4v) is 1.71. The third-order valence-electron chi connectivity index (χ3n) is 1.79. The number of hydrogen-bond acceptors (Lipinski definition) is 2. The second-order valence-electron chi connectivity index (χ2n) is 3.97. The average Bonchev–Trinajstić information content (AvgIpc) is 2.45. The van der Waals surface area contributed by atoms with Crippen molar-refractivity contribution in [3.05, 3.63) is 16.4 Å². The highest BCUT2D eigenvalue weighted by Crippen LogP contribution is 2.15. The minimum absolute atomic E-state index is 0.174. The quantitative estimate of drug-likeness (QED) is 0.858. The van der Waals surface area contributed by atoms with Crippen LogP contribution in [0.3, 0.4) is 0 Å². The minimum Gasteiger partial charge on any atom is -0.345 e. The summed E-state index contributed by atoms with van der Waals surface area (Å²) in [5.74, 6) is -0.174. The number of aromatic nitrogens is 2. The first-order valence-corrected chi connectivity index (χ1v) is 6.35. The van der Waals surface area contributed by atoms with Gasteiger partial charge >= 0.3 is 0 Å². The molecule has 15 heavy (non-hydrogen) atoms. The lowest BCUT2D eigenvalue weighted by molar-refractivity contribution is 0.0914. The van der Waals surface area contributed by atoms with Gasteiger partial charge in [-0.3, -0.25) is 9.48 Å². The molecule has 1 aromatic rings. The summed E-state index contributed by atoms with van der Waals surface area (Å²) in [6.07, 6.45) is 1.75. The highest BCUT2D eigenvalue weighted by molar-refractivity contribution is 9.10. The Labute approximate surface area is 106 Å². The van der Waals surface area contributed by atoms with Gasteiger partial charge in [-0.25, -0.2) is 0 Å². The van der Waals surface area contributed by atoms with Gasteiger partial charge in [0.1, 0.15) is 0 Å². The van der Waals surface area contributed by atoms with Gasteiger partial charge in [-0.15, -0.1) is 0 Å². The van der Waals surface area contributed by atoms with Crippen LogP contribution in [0.2, 0.25) is 0 Å². The Morgan fingerprint density at radius 3 is 2.67 bits per heavy atom. The van der Waals surface area contributed by atoms with Crippen LogP contribution in [0.25, 0.3) is 0 Å². The van der Waals surface area contributed by atoms with Crippen LogP contribution in [-0.4, -0.2) is 26.6 Å². The van der Waals surface area contributed by atoms with Gasteiger partial charge in [0.2, 0.25) is 0 Å². The van der Waals surface area contributed by atoms with Crippen LogP contribution < -0.4 is 5.32 Å². The molecule has 6 heteroatoms. The van der Waals surface area contributed by atoms with Crippen molar-refractivity contribution in [1.29, 1.82) is 0 Å². The number of aryl methyl sites for hydroxylation is 1. The Balaban J connectivity index is 2.82. The smallest absolute Gasteiger partial charge is 0.273 e. The molecule has 0 atom stereocenters. The number of hydrogen-bond donors (Lipinski definition) is 1. The standard InChI is InChI=1S/C9H13Br2N3O/c1-9(2,5-10)12-8(15)7-6(11)4-14(3)13-7/h4H,5H2,1-3H3,(H,12,15). The third kappa shape index (κ3) is 3.31. The Morgan fingerprint density at radius 2 is 2.27 bits per heavy atom. The second kappa shape index (κ2) is 4.65. The monoisotopic (exact) mass is 337 g/mol. The maximum Gasteiger partial charge on any atom is 0.273 e. The molecule has 4 nitrogen and oxygen atoms in total. The Bertz CT molecular complexity index is 373. The molecular formula is C9H13Br2N3O. The van der Waals surface area contributed by atoms with Crippen molar-refractivity contribution in [2.45, 2.75) is 19.4 Å². The molecule has 0 aliphatic rings. The summed E-state index contributed by atoms with van der Waals surface area (Å²) < 4.78 is 2.30. The molecule has 0 saturated heterocycles. The molecule has 0 unspecified atom stereocenters. The van der Waals surface area contributed by atoms with E-state index in [1.807, 2.05) is 13.8 Å². The molecule has 1 N–H and O–H groups in total. The molecule has 0 aliphatic heterocycles. The lowest BCUT2D eigenvalue weighted by Crippen LogP contribution is -2.45. The largest absolute Gasteiger partial charge is 0.345 e. The van der Waals surface area contributed by atoms with Crippen molar-refractivity contribution in [2.24, 2.45) is 7.05 Å². The van der Waals surface area contributed by atoms with Gasteiger partial charge < -0.3 is 5.32 Å². The van der Waals surface area contributed by atoms with E-state index in [0.717, 1.165) is 0 Å². The summed E-state index contributed by atoms with van der Waals surface area (Å²) >= 11 is 6.63. The van der Waals surface area contributed by atoms with E-state index in [1.54, 1.807) is 17.9 Å². The third-order valence-corrected chi connectivity index (χ3v) is 3.77. The number of nitrogens with one attached hydrogen (secondary N) is 1. The van der Waals surface area contributed by atoms with Crippen LogP contribution in [0.5, 0.6) is 0 Å². The lowest BCUT2D eigenvalue weighted by atomic mass is 10.1. The number of amides is 1. The number of nitrogens with zero attached hydrogens (tertiary/aromatic N) is 2.